The lowest BCUT2D eigenvalue weighted by Gasteiger charge is -2.14. The third-order valence-electron chi connectivity index (χ3n) is 2.59. The van der Waals surface area contributed by atoms with Crippen molar-refractivity contribution in [2.24, 2.45) is 0 Å². The van der Waals surface area contributed by atoms with Gasteiger partial charge in [-0.15, -0.1) is 0 Å². The summed E-state index contributed by atoms with van der Waals surface area (Å²) in [6.07, 6.45) is 0.266. The summed E-state index contributed by atoms with van der Waals surface area (Å²) in [5.74, 6) is -0.492. The normalized spacial score (nSPS) is 11.7. The largest absolute Gasteiger partial charge is 0.466 e. The van der Waals surface area contributed by atoms with E-state index in [1.807, 2.05) is 31.2 Å². The molecule has 0 heterocycles. The predicted octanol–water partition coefficient (Wildman–Crippen LogP) is 2.97. The van der Waals surface area contributed by atoms with Crippen molar-refractivity contribution in [1.82, 2.24) is 5.32 Å². The van der Waals surface area contributed by atoms with Crippen LogP contribution in [-0.4, -0.2) is 18.5 Å². The lowest BCUT2D eigenvalue weighted by Crippen LogP contribution is -2.27. The van der Waals surface area contributed by atoms with E-state index in [4.69, 9.17) is 4.74 Å². The third-order valence-corrected chi connectivity index (χ3v) is 3.08. The van der Waals surface area contributed by atoms with E-state index in [-0.39, 0.29) is 30.8 Å². The van der Waals surface area contributed by atoms with Gasteiger partial charge in [0.1, 0.15) is 0 Å². The van der Waals surface area contributed by atoms with Crippen molar-refractivity contribution in [2.75, 3.05) is 6.61 Å². The summed E-state index contributed by atoms with van der Waals surface area (Å²) in [7, 11) is 0. The minimum atomic E-state index is -0.340. The lowest BCUT2D eigenvalue weighted by molar-refractivity contribution is -0.144. The van der Waals surface area contributed by atoms with Crippen LogP contribution in [0.5, 0.6) is 0 Å². The van der Waals surface area contributed by atoms with Crippen LogP contribution in [0.3, 0.4) is 0 Å². The van der Waals surface area contributed by atoms with Gasteiger partial charge in [0.15, 0.2) is 0 Å². The van der Waals surface area contributed by atoms with Gasteiger partial charge in [0.05, 0.1) is 19.1 Å². The summed E-state index contributed by atoms with van der Waals surface area (Å²) >= 11 is 3.39. The number of hydrogen-bond acceptors (Lipinski definition) is 3. The zero-order chi connectivity index (χ0) is 14.3. The molecule has 1 N–H and O–H groups in total. The Bertz CT molecular complexity index is 448. The van der Waals surface area contributed by atoms with Gasteiger partial charge < -0.3 is 10.1 Å². The number of benzene rings is 1. The van der Waals surface area contributed by atoms with E-state index in [0.717, 1.165) is 10.0 Å². The number of nitrogens with one attached hydrogen (secondary N) is 1. The fourth-order valence-corrected chi connectivity index (χ4v) is 2.04. The molecule has 5 heteroatoms. The molecule has 4 nitrogen and oxygen atoms in total. The summed E-state index contributed by atoms with van der Waals surface area (Å²) in [6.45, 7) is 3.99. The van der Waals surface area contributed by atoms with Gasteiger partial charge in [0.25, 0.3) is 0 Å². The summed E-state index contributed by atoms with van der Waals surface area (Å²) in [5.41, 5.74) is 1.01. The lowest BCUT2D eigenvalue weighted by atomic mass is 10.1. The second kappa shape index (κ2) is 7.94. The molecule has 1 rings (SSSR count). The van der Waals surface area contributed by atoms with Crippen LogP contribution in [0.15, 0.2) is 28.7 Å². The van der Waals surface area contributed by atoms with Gasteiger partial charge in [-0.3, -0.25) is 9.59 Å². The highest BCUT2D eigenvalue weighted by atomic mass is 79.9. The van der Waals surface area contributed by atoms with Crippen LogP contribution in [0.1, 0.15) is 38.3 Å². The van der Waals surface area contributed by atoms with E-state index in [2.05, 4.69) is 21.2 Å². The molecule has 1 aromatic carbocycles. The quantitative estimate of drug-likeness (QED) is 0.817. The number of hydrogen-bond donors (Lipinski definition) is 1. The van der Waals surface area contributed by atoms with Crippen LogP contribution >= 0.6 is 15.9 Å². The maximum Gasteiger partial charge on any atom is 0.306 e. The minimum Gasteiger partial charge on any atom is -0.466 e. The van der Waals surface area contributed by atoms with E-state index >= 15 is 0 Å². The van der Waals surface area contributed by atoms with Gasteiger partial charge in [-0.2, -0.15) is 0 Å². The van der Waals surface area contributed by atoms with Crippen molar-refractivity contribution in [3.05, 3.63) is 34.3 Å². The number of esters is 1. The summed E-state index contributed by atoms with van der Waals surface area (Å²) in [6, 6.07) is 7.66. The second-order valence-corrected chi connectivity index (χ2v) is 5.06. The standard InChI is InChI=1S/C14H18BrNO3/c1-3-19-14(18)8-7-13(17)16-10(2)11-5-4-6-12(15)9-11/h4-6,9-10H,3,7-8H2,1-2H3,(H,16,17)/t10-/m1/s1. The van der Waals surface area contributed by atoms with Crippen LogP contribution in [0, 0.1) is 0 Å². The Balaban J connectivity index is 2.42. The van der Waals surface area contributed by atoms with Crippen molar-refractivity contribution in [2.45, 2.75) is 32.7 Å². The monoisotopic (exact) mass is 327 g/mol. The predicted molar refractivity (Wildman–Crippen MR) is 76.6 cm³/mol. The van der Waals surface area contributed by atoms with E-state index in [1.165, 1.54) is 0 Å². The van der Waals surface area contributed by atoms with Gasteiger partial charge in [-0.25, -0.2) is 0 Å². The maximum absolute atomic E-state index is 11.7. The van der Waals surface area contributed by atoms with E-state index in [9.17, 15) is 9.59 Å². The molecule has 0 radical (unpaired) electrons. The molecule has 104 valence electrons. The van der Waals surface area contributed by atoms with E-state index < -0.39 is 0 Å². The average Bonchev–Trinajstić information content (AvgIpc) is 2.36. The molecule has 0 fully saturated rings. The average molecular weight is 328 g/mol. The van der Waals surface area contributed by atoms with Crippen LogP contribution in [0.4, 0.5) is 0 Å². The van der Waals surface area contributed by atoms with Crippen molar-refractivity contribution in [3.8, 4) is 0 Å². The van der Waals surface area contributed by atoms with Gasteiger partial charge >= 0.3 is 5.97 Å². The summed E-state index contributed by atoms with van der Waals surface area (Å²) in [5, 5.41) is 2.85. The second-order valence-electron chi connectivity index (χ2n) is 4.15. The molecule has 1 atom stereocenters. The van der Waals surface area contributed by atoms with Crippen molar-refractivity contribution in [1.29, 1.82) is 0 Å². The third kappa shape index (κ3) is 5.87. The summed E-state index contributed by atoms with van der Waals surface area (Å²) in [4.78, 5) is 22.8. The zero-order valence-electron chi connectivity index (χ0n) is 11.1. The Morgan fingerprint density at radius 3 is 2.74 bits per heavy atom. The first kappa shape index (κ1) is 15.7. The van der Waals surface area contributed by atoms with Gasteiger partial charge in [0, 0.05) is 10.9 Å². The fraction of sp³-hybridized carbons (Fsp3) is 0.429. The topological polar surface area (TPSA) is 55.4 Å². The Morgan fingerprint density at radius 1 is 1.37 bits per heavy atom. The van der Waals surface area contributed by atoms with Crippen LogP contribution in [0.25, 0.3) is 0 Å². The Morgan fingerprint density at radius 2 is 2.11 bits per heavy atom. The molecule has 19 heavy (non-hydrogen) atoms. The molecule has 0 spiro atoms. The SMILES string of the molecule is CCOC(=O)CCC(=O)N[C@H](C)c1cccc(Br)c1. The molecular weight excluding hydrogens is 310 g/mol. The highest BCUT2D eigenvalue weighted by Crippen LogP contribution is 2.17. The molecule has 1 aromatic rings. The van der Waals surface area contributed by atoms with Gasteiger partial charge in [-0.1, -0.05) is 28.1 Å². The molecule has 0 saturated carbocycles. The van der Waals surface area contributed by atoms with Crippen LogP contribution in [-0.2, 0) is 14.3 Å². The van der Waals surface area contributed by atoms with Gasteiger partial charge in [-0.05, 0) is 31.5 Å². The number of halogens is 1. The minimum absolute atomic E-state index is 0.0906. The molecule has 0 aliphatic rings. The molecule has 0 unspecified atom stereocenters. The van der Waals surface area contributed by atoms with Crippen LogP contribution < -0.4 is 5.32 Å². The number of rotatable bonds is 6. The van der Waals surface area contributed by atoms with Crippen molar-refractivity contribution >= 4 is 27.8 Å². The highest BCUT2D eigenvalue weighted by molar-refractivity contribution is 9.10. The molecule has 0 aliphatic heterocycles. The van der Waals surface area contributed by atoms with E-state index in [0.29, 0.717) is 6.61 Å². The number of carbonyl (C=O) groups is 2. The molecule has 0 saturated heterocycles. The molecule has 1 amide bonds. The molecule has 0 aromatic heterocycles. The highest BCUT2D eigenvalue weighted by Gasteiger charge is 2.11. The molecule has 0 bridgehead atoms. The Kier molecular flexibility index (Phi) is 6.56. The number of carbonyl (C=O) groups excluding carboxylic acids is 2. The van der Waals surface area contributed by atoms with Crippen molar-refractivity contribution < 1.29 is 14.3 Å². The first-order valence-corrected chi connectivity index (χ1v) is 7.02. The van der Waals surface area contributed by atoms with Crippen molar-refractivity contribution in [3.63, 3.8) is 0 Å². The first-order valence-electron chi connectivity index (χ1n) is 6.23. The maximum atomic E-state index is 11.7. The van der Waals surface area contributed by atoms with E-state index in [1.54, 1.807) is 6.92 Å². The van der Waals surface area contributed by atoms with Gasteiger partial charge in [0.2, 0.25) is 5.91 Å². The Labute approximate surface area is 121 Å². The summed E-state index contributed by atoms with van der Waals surface area (Å²) < 4.78 is 5.74. The molecule has 0 aliphatic carbocycles. The zero-order valence-corrected chi connectivity index (χ0v) is 12.7. The van der Waals surface area contributed by atoms with Crippen LogP contribution in [0.2, 0.25) is 0 Å². The number of amides is 1. The molecular formula is C14H18BrNO3. The Hall–Kier alpha value is -1.36. The number of ether oxygens (including phenoxy) is 1. The fourth-order valence-electron chi connectivity index (χ4n) is 1.62. The smallest absolute Gasteiger partial charge is 0.306 e. The first-order chi connectivity index (χ1) is 9.02.